The molecule has 94 valence electrons. The number of benzene rings is 1. The summed E-state index contributed by atoms with van der Waals surface area (Å²) in [5, 5.41) is 4.11. The van der Waals surface area contributed by atoms with E-state index in [2.05, 4.69) is 5.10 Å². The topological polar surface area (TPSA) is 70.1 Å². The van der Waals surface area contributed by atoms with E-state index in [1.165, 1.54) is 10.9 Å². The molecule has 1 aromatic carbocycles. The molecule has 0 aliphatic heterocycles. The van der Waals surface area contributed by atoms with Gasteiger partial charge in [-0.15, -0.1) is 0 Å². The predicted octanol–water partition coefficient (Wildman–Crippen LogP) is 2.02. The summed E-state index contributed by atoms with van der Waals surface area (Å²) in [6.07, 6.45) is 1.24. The summed E-state index contributed by atoms with van der Waals surface area (Å²) in [7, 11) is 0. The van der Waals surface area contributed by atoms with E-state index in [9.17, 15) is 4.79 Å². The third-order valence-electron chi connectivity index (χ3n) is 2.37. The molecule has 0 amide bonds. The van der Waals surface area contributed by atoms with Crippen molar-refractivity contribution in [2.24, 2.45) is 0 Å². The summed E-state index contributed by atoms with van der Waals surface area (Å²) in [5.41, 5.74) is 7.00. The zero-order valence-electron chi connectivity index (χ0n) is 10.3. The van der Waals surface area contributed by atoms with Crippen LogP contribution >= 0.6 is 0 Å². The number of rotatable bonds is 3. The largest absolute Gasteiger partial charge is 0.459 e. The van der Waals surface area contributed by atoms with E-state index in [0.29, 0.717) is 0 Å². The van der Waals surface area contributed by atoms with Gasteiger partial charge in [-0.25, -0.2) is 9.48 Å². The van der Waals surface area contributed by atoms with Gasteiger partial charge < -0.3 is 10.5 Å². The molecule has 2 aromatic rings. The lowest BCUT2D eigenvalue weighted by Crippen LogP contribution is -2.13. The van der Waals surface area contributed by atoms with Gasteiger partial charge in [0, 0.05) is 0 Å². The molecule has 0 spiro atoms. The molecule has 0 aliphatic rings. The highest BCUT2D eigenvalue weighted by atomic mass is 16.5. The van der Waals surface area contributed by atoms with Crippen molar-refractivity contribution in [1.29, 1.82) is 0 Å². The Kier molecular flexibility index (Phi) is 3.32. The first-order valence-electron chi connectivity index (χ1n) is 5.69. The molecule has 18 heavy (non-hydrogen) atoms. The van der Waals surface area contributed by atoms with E-state index >= 15 is 0 Å². The van der Waals surface area contributed by atoms with Crippen LogP contribution in [0.3, 0.4) is 0 Å². The van der Waals surface area contributed by atoms with Crippen molar-refractivity contribution in [3.63, 3.8) is 0 Å². The molecular formula is C13H15N3O2. The molecule has 0 bridgehead atoms. The minimum absolute atomic E-state index is 0.183. The van der Waals surface area contributed by atoms with Gasteiger partial charge in [-0.3, -0.25) is 0 Å². The number of ether oxygens (including phenoxy) is 1. The van der Waals surface area contributed by atoms with E-state index < -0.39 is 5.97 Å². The molecule has 0 fully saturated rings. The van der Waals surface area contributed by atoms with Gasteiger partial charge in [-0.2, -0.15) is 5.10 Å². The Balaban J connectivity index is 2.32. The number of carbonyl (C=O) groups is 1. The number of esters is 1. The highest BCUT2D eigenvalue weighted by molar-refractivity contribution is 5.94. The second-order valence-corrected chi connectivity index (χ2v) is 4.14. The highest BCUT2D eigenvalue weighted by Crippen LogP contribution is 2.18. The third kappa shape index (κ3) is 2.34. The number of anilines is 1. The minimum Gasteiger partial charge on any atom is -0.459 e. The lowest BCUT2D eigenvalue weighted by molar-refractivity contribution is 0.0379. The monoisotopic (exact) mass is 245 g/mol. The first kappa shape index (κ1) is 12.2. The lowest BCUT2D eigenvalue weighted by Gasteiger charge is -2.07. The van der Waals surface area contributed by atoms with Crippen LogP contribution < -0.4 is 5.73 Å². The van der Waals surface area contributed by atoms with Crippen LogP contribution in [0, 0.1) is 0 Å². The van der Waals surface area contributed by atoms with Gasteiger partial charge in [0.05, 0.1) is 18.0 Å². The number of hydrogen-bond donors (Lipinski definition) is 1. The molecule has 5 heteroatoms. The summed E-state index contributed by atoms with van der Waals surface area (Å²) >= 11 is 0. The standard InChI is InChI=1S/C13H15N3O2/c1-9(2)18-13(17)11-8-15-16(12(11)14)10-6-4-3-5-7-10/h3-9H,14H2,1-2H3. The highest BCUT2D eigenvalue weighted by Gasteiger charge is 2.18. The van der Waals surface area contributed by atoms with Crippen LogP contribution in [-0.2, 0) is 4.74 Å². The maximum atomic E-state index is 11.8. The summed E-state index contributed by atoms with van der Waals surface area (Å²) in [5.74, 6) is -0.170. The SMILES string of the molecule is CC(C)OC(=O)c1cnn(-c2ccccc2)c1N. The second kappa shape index (κ2) is 4.91. The van der Waals surface area contributed by atoms with Crippen molar-refractivity contribution >= 4 is 11.8 Å². The molecule has 0 aliphatic carbocycles. The van der Waals surface area contributed by atoms with Crippen molar-refractivity contribution in [3.8, 4) is 5.69 Å². The molecule has 0 unspecified atom stereocenters. The summed E-state index contributed by atoms with van der Waals surface area (Å²) < 4.78 is 6.60. The minimum atomic E-state index is -0.454. The van der Waals surface area contributed by atoms with Gasteiger partial charge in [-0.05, 0) is 26.0 Å². The van der Waals surface area contributed by atoms with Crippen LogP contribution in [0.15, 0.2) is 36.5 Å². The normalized spacial score (nSPS) is 10.6. The summed E-state index contributed by atoms with van der Waals surface area (Å²) in [4.78, 5) is 11.8. The van der Waals surface area contributed by atoms with Crippen LogP contribution in [0.2, 0.25) is 0 Å². The van der Waals surface area contributed by atoms with Crippen LogP contribution in [0.1, 0.15) is 24.2 Å². The van der Waals surface area contributed by atoms with Crippen molar-refractivity contribution in [2.75, 3.05) is 5.73 Å². The Bertz CT molecular complexity index is 547. The number of aromatic nitrogens is 2. The molecule has 2 rings (SSSR count). The Morgan fingerprint density at radius 1 is 1.33 bits per heavy atom. The average molecular weight is 245 g/mol. The van der Waals surface area contributed by atoms with Gasteiger partial charge in [0.2, 0.25) is 0 Å². The smallest absolute Gasteiger partial charge is 0.343 e. The van der Waals surface area contributed by atoms with Crippen LogP contribution in [0.5, 0.6) is 0 Å². The molecule has 0 atom stereocenters. The zero-order valence-corrected chi connectivity index (χ0v) is 10.3. The van der Waals surface area contributed by atoms with E-state index in [1.54, 1.807) is 13.8 Å². The second-order valence-electron chi connectivity index (χ2n) is 4.14. The lowest BCUT2D eigenvalue weighted by atomic mass is 10.3. The molecule has 0 saturated heterocycles. The van der Waals surface area contributed by atoms with Gasteiger partial charge >= 0.3 is 5.97 Å². The third-order valence-corrected chi connectivity index (χ3v) is 2.37. The summed E-state index contributed by atoms with van der Waals surface area (Å²) in [6.45, 7) is 3.57. The first-order chi connectivity index (χ1) is 8.59. The quantitative estimate of drug-likeness (QED) is 0.840. The number of carbonyl (C=O) groups excluding carboxylic acids is 1. The van der Waals surface area contributed by atoms with Gasteiger partial charge in [-0.1, -0.05) is 18.2 Å². The Morgan fingerprint density at radius 2 is 2.00 bits per heavy atom. The number of para-hydroxylation sites is 1. The van der Waals surface area contributed by atoms with Crippen molar-refractivity contribution in [1.82, 2.24) is 9.78 Å². The molecule has 1 heterocycles. The number of nitrogens with zero attached hydrogens (tertiary/aromatic N) is 2. The molecule has 0 saturated carbocycles. The van der Waals surface area contributed by atoms with Crippen molar-refractivity contribution < 1.29 is 9.53 Å². The number of nitrogens with two attached hydrogens (primary N) is 1. The first-order valence-corrected chi connectivity index (χ1v) is 5.69. The summed E-state index contributed by atoms with van der Waals surface area (Å²) in [6, 6.07) is 9.38. The molecule has 1 aromatic heterocycles. The number of nitrogen functional groups attached to an aromatic ring is 1. The van der Waals surface area contributed by atoms with Crippen LogP contribution in [-0.4, -0.2) is 21.9 Å². The zero-order chi connectivity index (χ0) is 13.1. The Hall–Kier alpha value is -2.30. The Morgan fingerprint density at radius 3 is 2.61 bits per heavy atom. The van der Waals surface area contributed by atoms with E-state index in [-0.39, 0.29) is 17.5 Å². The maximum absolute atomic E-state index is 11.8. The number of hydrogen-bond acceptors (Lipinski definition) is 4. The van der Waals surface area contributed by atoms with Crippen LogP contribution in [0.25, 0.3) is 5.69 Å². The fourth-order valence-electron chi connectivity index (χ4n) is 1.57. The molecule has 5 nitrogen and oxygen atoms in total. The Labute approximate surface area is 105 Å². The fourth-order valence-corrected chi connectivity index (χ4v) is 1.57. The average Bonchev–Trinajstić information content (AvgIpc) is 2.71. The van der Waals surface area contributed by atoms with Gasteiger partial charge in [0.15, 0.2) is 0 Å². The van der Waals surface area contributed by atoms with E-state index in [0.717, 1.165) is 5.69 Å². The van der Waals surface area contributed by atoms with Crippen molar-refractivity contribution in [3.05, 3.63) is 42.1 Å². The van der Waals surface area contributed by atoms with Crippen molar-refractivity contribution in [2.45, 2.75) is 20.0 Å². The molecule has 2 N–H and O–H groups in total. The predicted molar refractivity (Wildman–Crippen MR) is 68.5 cm³/mol. The van der Waals surface area contributed by atoms with Gasteiger partial charge in [0.25, 0.3) is 0 Å². The fraction of sp³-hybridized carbons (Fsp3) is 0.231. The maximum Gasteiger partial charge on any atom is 0.343 e. The molecule has 0 radical (unpaired) electrons. The molecular weight excluding hydrogens is 230 g/mol. The van der Waals surface area contributed by atoms with Crippen LogP contribution in [0.4, 0.5) is 5.82 Å². The van der Waals surface area contributed by atoms with E-state index in [1.807, 2.05) is 30.3 Å². The van der Waals surface area contributed by atoms with E-state index in [4.69, 9.17) is 10.5 Å². The van der Waals surface area contributed by atoms with Gasteiger partial charge in [0.1, 0.15) is 11.4 Å².